The van der Waals surface area contributed by atoms with Crippen LogP contribution in [0, 0.1) is 40.4 Å². The minimum Gasteiger partial charge on any atom is -0.364 e. The summed E-state index contributed by atoms with van der Waals surface area (Å²) in [6.45, 7) is 5.12. The highest BCUT2D eigenvalue weighted by Crippen LogP contribution is 2.66. The highest BCUT2D eigenvalue weighted by Gasteiger charge is 2.57. The van der Waals surface area contributed by atoms with E-state index in [0.29, 0.717) is 5.41 Å². The molecule has 0 amide bonds. The van der Waals surface area contributed by atoms with Gasteiger partial charge >= 0.3 is 0 Å². The van der Waals surface area contributed by atoms with Gasteiger partial charge in [0.15, 0.2) is 0 Å². The van der Waals surface area contributed by atoms with Gasteiger partial charge in [-0.3, -0.25) is 0 Å². The quantitative estimate of drug-likeness (QED) is 0.477. The molecule has 7 atom stereocenters. The standard InChI is InChI=1S/C26H35NO/c1-25-13-6-7-20(25)19-9-10-22-24(23-8-4-3-5-16-27-23)18(17-28)11-15-26(22,2)21(19)12-14-25/h3-5,8,10,16-21,24,27H,6-7,9,11-15H2,1-2H3/t18?,19-,20-,21-,24?,25-,26+/m0/s1. The van der Waals surface area contributed by atoms with E-state index < -0.39 is 0 Å². The van der Waals surface area contributed by atoms with Gasteiger partial charge in [-0.15, -0.1) is 0 Å². The summed E-state index contributed by atoms with van der Waals surface area (Å²) in [4.78, 5) is 12.0. The summed E-state index contributed by atoms with van der Waals surface area (Å²) in [5.74, 6) is 2.91. The van der Waals surface area contributed by atoms with Crippen LogP contribution in [0.15, 0.2) is 47.9 Å². The van der Waals surface area contributed by atoms with E-state index in [1.54, 1.807) is 5.57 Å². The average Bonchev–Trinajstić information content (AvgIpc) is 2.91. The van der Waals surface area contributed by atoms with E-state index in [0.717, 1.165) is 24.2 Å². The largest absolute Gasteiger partial charge is 0.364 e. The van der Waals surface area contributed by atoms with Gasteiger partial charge in [-0.1, -0.05) is 44.1 Å². The molecule has 150 valence electrons. The van der Waals surface area contributed by atoms with Crippen LogP contribution in [0.4, 0.5) is 0 Å². The first-order valence-corrected chi connectivity index (χ1v) is 11.5. The van der Waals surface area contributed by atoms with Crippen LogP contribution in [0.25, 0.3) is 0 Å². The number of carbonyl (C=O) groups excluding carboxylic acids is 1. The molecule has 5 rings (SSSR count). The Morgan fingerprint density at radius 3 is 2.79 bits per heavy atom. The summed E-state index contributed by atoms with van der Waals surface area (Å²) in [6, 6.07) is 0. The van der Waals surface area contributed by atoms with Crippen LogP contribution >= 0.6 is 0 Å². The summed E-state index contributed by atoms with van der Waals surface area (Å²) in [5.41, 5.74) is 3.64. The molecule has 28 heavy (non-hydrogen) atoms. The van der Waals surface area contributed by atoms with Crippen molar-refractivity contribution in [1.82, 2.24) is 5.32 Å². The second-order valence-corrected chi connectivity index (χ2v) is 10.6. The predicted octanol–water partition coefficient (Wildman–Crippen LogP) is 5.94. The minimum atomic E-state index is 0.106. The van der Waals surface area contributed by atoms with Gasteiger partial charge < -0.3 is 10.1 Å². The van der Waals surface area contributed by atoms with Gasteiger partial charge in [-0.05, 0) is 85.7 Å². The van der Waals surface area contributed by atoms with E-state index >= 15 is 0 Å². The number of allylic oxidation sites excluding steroid dienone is 6. The van der Waals surface area contributed by atoms with E-state index in [1.807, 2.05) is 12.3 Å². The number of nitrogens with one attached hydrogen (secondary N) is 1. The molecule has 1 N–H and O–H groups in total. The smallest absolute Gasteiger partial charge is 0.124 e. The lowest BCUT2D eigenvalue weighted by molar-refractivity contribution is -0.114. The maximum Gasteiger partial charge on any atom is 0.124 e. The Labute approximate surface area is 170 Å². The average molecular weight is 378 g/mol. The normalized spacial score (nSPS) is 47.0. The number of carbonyl (C=O) groups is 1. The van der Waals surface area contributed by atoms with Crippen LogP contribution in [0.5, 0.6) is 0 Å². The number of hydrogen-bond donors (Lipinski definition) is 1. The molecule has 0 aromatic rings. The highest BCUT2D eigenvalue weighted by atomic mass is 16.1. The fourth-order valence-electron chi connectivity index (χ4n) is 8.00. The van der Waals surface area contributed by atoms with Crippen LogP contribution in [-0.4, -0.2) is 6.29 Å². The molecule has 3 saturated carbocycles. The maximum absolute atomic E-state index is 12.0. The van der Waals surface area contributed by atoms with Crippen LogP contribution in [0.3, 0.4) is 0 Å². The molecule has 5 aliphatic rings. The Morgan fingerprint density at radius 1 is 1.04 bits per heavy atom. The Hall–Kier alpha value is -1.57. The van der Waals surface area contributed by atoms with E-state index in [9.17, 15) is 4.79 Å². The summed E-state index contributed by atoms with van der Waals surface area (Å²) in [5, 5.41) is 3.50. The third-order valence-corrected chi connectivity index (χ3v) is 9.42. The molecular formula is C26H35NO. The second-order valence-electron chi connectivity index (χ2n) is 10.6. The Kier molecular flexibility index (Phi) is 4.45. The SMILES string of the molecule is C[C@@]12CCC[C@H]1[C@@H]1CC=C3C(C4=CC=CC=CN4)C(C=O)CC[C@]3(C)[C@H]1CC2. The Bertz CT molecular complexity index is 773. The molecule has 0 aromatic carbocycles. The summed E-state index contributed by atoms with van der Waals surface area (Å²) < 4.78 is 0. The molecule has 0 saturated heterocycles. The topological polar surface area (TPSA) is 29.1 Å². The zero-order chi connectivity index (χ0) is 19.4. The first-order valence-electron chi connectivity index (χ1n) is 11.5. The minimum absolute atomic E-state index is 0.106. The highest BCUT2D eigenvalue weighted by molar-refractivity contribution is 5.58. The summed E-state index contributed by atoms with van der Waals surface area (Å²) >= 11 is 0. The molecule has 4 aliphatic carbocycles. The molecule has 0 aromatic heterocycles. The van der Waals surface area contributed by atoms with Gasteiger partial charge in [0.25, 0.3) is 0 Å². The second kappa shape index (κ2) is 6.75. The molecular weight excluding hydrogens is 342 g/mol. The summed E-state index contributed by atoms with van der Waals surface area (Å²) in [7, 11) is 0. The first kappa shape index (κ1) is 18.5. The van der Waals surface area contributed by atoms with Crippen LogP contribution in [0.1, 0.15) is 65.2 Å². The van der Waals surface area contributed by atoms with Gasteiger partial charge in [0.1, 0.15) is 6.29 Å². The monoisotopic (exact) mass is 377 g/mol. The van der Waals surface area contributed by atoms with Crippen molar-refractivity contribution in [1.29, 1.82) is 0 Å². The van der Waals surface area contributed by atoms with Crippen molar-refractivity contribution in [3.8, 4) is 0 Å². The van der Waals surface area contributed by atoms with E-state index in [4.69, 9.17) is 0 Å². The van der Waals surface area contributed by atoms with Crippen molar-refractivity contribution in [2.45, 2.75) is 65.2 Å². The number of rotatable bonds is 2. The van der Waals surface area contributed by atoms with E-state index in [2.05, 4.69) is 43.5 Å². The Morgan fingerprint density at radius 2 is 1.93 bits per heavy atom. The fourth-order valence-corrected chi connectivity index (χ4v) is 8.00. The van der Waals surface area contributed by atoms with Crippen molar-refractivity contribution in [2.75, 3.05) is 0 Å². The van der Waals surface area contributed by atoms with Crippen molar-refractivity contribution < 1.29 is 4.79 Å². The lowest BCUT2D eigenvalue weighted by atomic mass is 9.46. The lowest BCUT2D eigenvalue weighted by Crippen LogP contribution is -2.51. The van der Waals surface area contributed by atoms with E-state index in [-0.39, 0.29) is 17.3 Å². The van der Waals surface area contributed by atoms with Crippen LogP contribution in [-0.2, 0) is 4.79 Å². The molecule has 0 spiro atoms. The first-order chi connectivity index (χ1) is 13.6. The number of aldehydes is 1. The molecule has 1 heterocycles. The summed E-state index contributed by atoms with van der Waals surface area (Å²) in [6.07, 6.45) is 24.8. The number of fused-ring (bicyclic) bond motifs is 5. The van der Waals surface area contributed by atoms with Gasteiger partial charge in [0.05, 0.1) is 0 Å². The molecule has 0 radical (unpaired) electrons. The molecule has 2 nitrogen and oxygen atoms in total. The van der Waals surface area contributed by atoms with Gasteiger partial charge in [-0.2, -0.15) is 0 Å². The van der Waals surface area contributed by atoms with Crippen molar-refractivity contribution in [3.63, 3.8) is 0 Å². The van der Waals surface area contributed by atoms with Crippen molar-refractivity contribution in [3.05, 3.63) is 47.9 Å². The van der Waals surface area contributed by atoms with Crippen LogP contribution < -0.4 is 5.32 Å². The van der Waals surface area contributed by atoms with Crippen molar-refractivity contribution >= 4 is 6.29 Å². The predicted molar refractivity (Wildman–Crippen MR) is 114 cm³/mol. The zero-order valence-electron chi connectivity index (χ0n) is 17.5. The van der Waals surface area contributed by atoms with Crippen molar-refractivity contribution in [2.24, 2.45) is 40.4 Å². The van der Waals surface area contributed by atoms with Crippen LogP contribution in [0.2, 0.25) is 0 Å². The molecule has 2 unspecified atom stereocenters. The molecule has 3 fully saturated rings. The van der Waals surface area contributed by atoms with Gasteiger partial charge in [0.2, 0.25) is 0 Å². The Balaban J connectivity index is 1.54. The van der Waals surface area contributed by atoms with Gasteiger partial charge in [-0.25, -0.2) is 0 Å². The fraction of sp³-hybridized carbons (Fsp3) is 0.654. The molecule has 2 heteroatoms. The van der Waals surface area contributed by atoms with Gasteiger partial charge in [0, 0.05) is 23.7 Å². The maximum atomic E-state index is 12.0. The zero-order valence-corrected chi connectivity index (χ0v) is 17.5. The third-order valence-electron chi connectivity index (χ3n) is 9.42. The number of hydrogen-bond acceptors (Lipinski definition) is 2. The molecule has 0 bridgehead atoms. The van der Waals surface area contributed by atoms with E-state index in [1.165, 1.54) is 56.9 Å². The molecule has 1 aliphatic heterocycles. The lowest BCUT2D eigenvalue weighted by Gasteiger charge is -2.59. The third kappa shape index (κ3) is 2.63.